The normalized spacial score (nSPS) is 8.58. The fraction of sp³-hybridized carbons (Fsp3) is 0.333. The Bertz CT molecular complexity index is 339. The van der Waals surface area contributed by atoms with Crippen molar-refractivity contribution >= 4 is 0 Å². The summed E-state index contributed by atoms with van der Waals surface area (Å²) in [5.41, 5.74) is 8.68. The van der Waals surface area contributed by atoms with Crippen molar-refractivity contribution in [2.24, 2.45) is 5.11 Å². The molecule has 1 heterocycles. The van der Waals surface area contributed by atoms with Crippen LogP contribution in [0.5, 0.6) is 0 Å². The van der Waals surface area contributed by atoms with E-state index in [4.69, 9.17) is 10.8 Å². The molecule has 12 heavy (non-hydrogen) atoms. The smallest absolute Gasteiger partial charge is 0.128 e. The van der Waals surface area contributed by atoms with Crippen molar-refractivity contribution in [3.05, 3.63) is 28.4 Å². The first-order valence-corrected chi connectivity index (χ1v) is 3.27. The van der Waals surface area contributed by atoms with Crippen LogP contribution in [0.3, 0.4) is 0 Å². The summed E-state index contributed by atoms with van der Waals surface area (Å²) in [6.45, 7) is 0.450. The van der Waals surface area contributed by atoms with E-state index in [2.05, 4.69) is 15.1 Å². The SMILES string of the molecule is N#CCn1ccc(CN=[N+]=[N-])n1. The summed E-state index contributed by atoms with van der Waals surface area (Å²) in [7, 11) is 0. The minimum atomic E-state index is 0.219. The predicted molar refractivity (Wildman–Crippen MR) is 40.7 cm³/mol. The van der Waals surface area contributed by atoms with Gasteiger partial charge in [0.1, 0.15) is 6.54 Å². The van der Waals surface area contributed by atoms with Crippen LogP contribution in [0.4, 0.5) is 0 Å². The van der Waals surface area contributed by atoms with Crippen LogP contribution in [-0.4, -0.2) is 9.78 Å². The molecular formula is C6H6N6. The van der Waals surface area contributed by atoms with Gasteiger partial charge in [0.2, 0.25) is 0 Å². The zero-order valence-electron chi connectivity index (χ0n) is 6.25. The highest BCUT2D eigenvalue weighted by molar-refractivity contribution is 4.99. The van der Waals surface area contributed by atoms with Crippen molar-refractivity contribution in [2.75, 3.05) is 0 Å². The minimum absolute atomic E-state index is 0.219. The zero-order chi connectivity index (χ0) is 8.81. The Balaban J connectivity index is 2.65. The molecule has 0 atom stereocenters. The third-order valence-electron chi connectivity index (χ3n) is 1.22. The molecular weight excluding hydrogens is 156 g/mol. The van der Waals surface area contributed by atoms with Gasteiger partial charge in [-0.2, -0.15) is 10.4 Å². The molecule has 0 unspecified atom stereocenters. The molecule has 60 valence electrons. The summed E-state index contributed by atoms with van der Waals surface area (Å²) in [6, 6.07) is 3.66. The number of hydrogen-bond donors (Lipinski definition) is 0. The van der Waals surface area contributed by atoms with Crippen molar-refractivity contribution in [3.8, 4) is 6.07 Å². The van der Waals surface area contributed by atoms with Crippen molar-refractivity contribution in [2.45, 2.75) is 13.1 Å². The second-order valence-corrected chi connectivity index (χ2v) is 2.05. The first-order valence-electron chi connectivity index (χ1n) is 3.27. The number of azide groups is 1. The summed E-state index contributed by atoms with van der Waals surface area (Å²) in [5.74, 6) is 0. The molecule has 0 aromatic carbocycles. The van der Waals surface area contributed by atoms with Gasteiger partial charge < -0.3 is 0 Å². The van der Waals surface area contributed by atoms with Gasteiger partial charge in [-0.3, -0.25) is 4.68 Å². The van der Waals surface area contributed by atoms with Crippen LogP contribution >= 0.6 is 0 Å². The molecule has 1 rings (SSSR count). The predicted octanol–water partition coefficient (Wildman–Crippen LogP) is 1.22. The fourth-order valence-electron chi connectivity index (χ4n) is 0.753. The summed E-state index contributed by atoms with van der Waals surface area (Å²) in [6.07, 6.45) is 1.67. The minimum Gasteiger partial charge on any atom is -0.258 e. The fourth-order valence-corrected chi connectivity index (χ4v) is 0.753. The summed E-state index contributed by atoms with van der Waals surface area (Å²) in [5, 5.41) is 15.6. The van der Waals surface area contributed by atoms with Gasteiger partial charge in [-0.15, -0.1) is 0 Å². The summed E-state index contributed by atoms with van der Waals surface area (Å²) < 4.78 is 1.49. The van der Waals surface area contributed by atoms with Crippen molar-refractivity contribution in [3.63, 3.8) is 0 Å². The molecule has 0 fully saturated rings. The van der Waals surface area contributed by atoms with Crippen molar-refractivity contribution in [1.82, 2.24) is 9.78 Å². The standard InChI is InChI=1S/C6H6N6/c7-2-4-12-3-1-6(10-12)5-9-11-8/h1,3H,4-5H2. The first kappa shape index (κ1) is 8.11. The zero-order valence-corrected chi connectivity index (χ0v) is 6.25. The molecule has 0 radical (unpaired) electrons. The first-order chi connectivity index (χ1) is 5.86. The van der Waals surface area contributed by atoms with Gasteiger partial charge in [-0.25, -0.2) is 0 Å². The molecule has 6 nitrogen and oxygen atoms in total. The van der Waals surface area contributed by atoms with E-state index in [-0.39, 0.29) is 13.1 Å². The molecule has 0 aliphatic carbocycles. The Morgan fingerprint density at radius 3 is 3.33 bits per heavy atom. The second-order valence-electron chi connectivity index (χ2n) is 2.05. The van der Waals surface area contributed by atoms with Crippen LogP contribution in [0.25, 0.3) is 10.4 Å². The van der Waals surface area contributed by atoms with Gasteiger partial charge in [0.05, 0.1) is 18.3 Å². The monoisotopic (exact) mass is 162 g/mol. The summed E-state index contributed by atoms with van der Waals surface area (Å²) >= 11 is 0. The number of aromatic nitrogens is 2. The van der Waals surface area contributed by atoms with Crippen LogP contribution < -0.4 is 0 Å². The quantitative estimate of drug-likeness (QED) is 0.379. The molecule has 1 aromatic heterocycles. The van der Waals surface area contributed by atoms with E-state index in [1.165, 1.54) is 4.68 Å². The van der Waals surface area contributed by atoms with E-state index in [9.17, 15) is 0 Å². The van der Waals surface area contributed by atoms with Crippen molar-refractivity contribution < 1.29 is 0 Å². The topological polar surface area (TPSA) is 90.4 Å². The van der Waals surface area contributed by atoms with E-state index < -0.39 is 0 Å². The lowest BCUT2D eigenvalue weighted by Crippen LogP contribution is -1.96. The van der Waals surface area contributed by atoms with Crippen LogP contribution in [-0.2, 0) is 13.1 Å². The van der Waals surface area contributed by atoms with Gasteiger partial charge in [0.15, 0.2) is 0 Å². The number of rotatable bonds is 3. The molecule has 0 aliphatic heterocycles. The molecule has 0 saturated carbocycles. The van der Waals surface area contributed by atoms with E-state index in [0.29, 0.717) is 5.69 Å². The highest BCUT2D eigenvalue weighted by Crippen LogP contribution is 1.97. The summed E-state index contributed by atoms with van der Waals surface area (Å²) in [4.78, 5) is 2.60. The molecule has 0 saturated heterocycles. The van der Waals surface area contributed by atoms with Gasteiger partial charge in [-0.1, -0.05) is 5.11 Å². The lowest BCUT2D eigenvalue weighted by Gasteiger charge is -1.88. The van der Waals surface area contributed by atoms with Crippen LogP contribution in [0.1, 0.15) is 5.69 Å². The van der Waals surface area contributed by atoms with E-state index in [0.717, 1.165) is 0 Å². The Hall–Kier alpha value is -1.99. The number of hydrogen-bond acceptors (Lipinski definition) is 3. The third-order valence-corrected chi connectivity index (χ3v) is 1.22. The molecule has 0 aliphatic rings. The number of nitrogens with zero attached hydrogens (tertiary/aromatic N) is 6. The highest BCUT2D eigenvalue weighted by atomic mass is 15.3. The average molecular weight is 162 g/mol. The largest absolute Gasteiger partial charge is 0.258 e. The molecule has 1 aromatic rings. The molecule has 0 bridgehead atoms. The maximum atomic E-state index is 8.31. The molecule has 6 heteroatoms. The lowest BCUT2D eigenvalue weighted by atomic mass is 10.4. The Morgan fingerprint density at radius 2 is 2.67 bits per heavy atom. The second kappa shape index (κ2) is 4.01. The Kier molecular flexibility index (Phi) is 2.71. The molecule has 0 spiro atoms. The Labute approximate surface area is 68.7 Å². The third kappa shape index (κ3) is 2.01. The van der Waals surface area contributed by atoms with Crippen LogP contribution in [0.2, 0.25) is 0 Å². The van der Waals surface area contributed by atoms with E-state index >= 15 is 0 Å². The maximum absolute atomic E-state index is 8.31. The highest BCUT2D eigenvalue weighted by Gasteiger charge is 1.95. The van der Waals surface area contributed by atoms with Gasteiger partial charge in [0, 0.05) is 11.1 Å². The lowest BCUT2D eigenvalue weighted by molar-refractivity contribution is 0.692. The van der Waals surface area contributed by atoms with Crippen molar-refractivity contribution in [1.29, 1.82) is 5.26 Å². The maximum Gasteiger partial charge on any atom is 0.128 e. The van der Waals surface area contributed by atoms with Gasteiger partial charge >= 0.3 is 0 Å². The molecule has 0 amide bonds. The van der Waals surface area contributed by atoms with E-state index in [1.807, 2.05) is 6.07 Å². The van der Waals surface area contributed by atoms with Gasteiger partial charge in [0.25, 0.3) is 0 Å². The average Bonchev–Trinajstić information content (AvgIpc) is 2.50. The van der Waals surface area contributed by atoms with Gasteiger partial charge in [-0.05, 0) is 11.6 Å². The van der Waals surface area contributed by atoms with Crippen LogP contribution in [0, 0.1) is 11.3 Å². The molecule has 0 N–H and O–H groups in total. The van der Waals surface area contributed by atoms with Crippen LogP contribution in [0.15, 0.2) is 17.4 Å². The number of nitriles is 1. The van der Waals surface area contributed by atoms with E-state index in [1.54, 1.807) is 12.3 Å². The Morgan fingerprint density at radius 1 is 1.83 bits per heavy atom.